The fraction of sp³-hybridized carbons (Fsp3) is 0.333. The highest BCUT2D eigenvalue weighted by Gasteiger charge is 2.34. The summed E-state index contributed by atoms with van der Waals surface area (Å²) in [5, 5.41) is 2.91. The molecule has 0 aromatic heterocycles. The van der Waals surface area contributed by atoms with Crippen LogP contribution < -0.4 is 10.1 Å². The lowest BCUT2D eigenvalue weighted by Gasteiger charge is -2.17. The highest BCUT2D eigenvalue weighted by atomic mass is 16.5. The van der Waals surface area contributed by atoms with E-state index in [1.807, 2.05) is 56.3 Å². The molecule has 1 N–H and O–H groups in total. The van der Waals surface area contributed by atoms with E-state index in [1.54, 1.807) is 12.0 Å². The number of nitrogens with zero attached hydrogens (tertiary/aromatic N) is 1. The lowest BCUT2D eigenvalue weighted by atomic mass is 10.1. The van der Waals surface area contributed by atoms with Crippen LogP contribution in [-0.4, -0.2) is 30.4 Å². The van der Waals surface area contributed by atoms with Gasteiger partial charge in [-0.1, -0.05) is 35.9 Å². The Bertz CT molecular complexity index is 815. The first-order valence-electron chi connectivity index (χ1n) is 8.75. The molecular weight excluding hydrogens is 328 g/mol. The molecule has 3 rings (SSSR count). The average molecular weight is 352 g/mol. The Balaban J connectivity index is 1.65. The molecule has 2 aromatic carbocycles. The van der Waals surface area contributed by atoms with Gasteiger partial charge in [-0.25, -0.2) is 0 Å². The molecule has 0 unspecified atom stereocenters. The van der Waals surface area contributed by atoms with E-state index in [0.717, 1.165) is 11.1 Å². The molecule has 0 spiro atoms. The van der Waals surface area contributed by atoms with Gasteiger partial charge in [-0.3, -0.25) is 9.59 Å². The zero-order chi connectivity index (χ0) is 18.7. The number of amides is 2. The van der Waals surface area contributed by atoms with Crippen molar-refractivity contribution < 1.29 is 14.3 Å². The lowest BCUT2D eigenvalue weighted by molar-refractivity contribution is -0.128. The number of carbonyl (C=O) groups is 2. The van der Waals surface area contributed by atoms with Gasteiger partial charge in [0.15, 0.2) is 0 Å². The van der Waals surface area contributed by atoms with Crippen molar-refractivity contribution in [3.05, 3.63) is 59.2 Å². The number of likely N-dealkylation sites (tertiary alicyclic amines) is 1. The van der Waals surface area contributed by atoms with Gasteiger partial charge in [-0.05, 0) is 37.1 Å². The summed E-state index contributed by atoms with van der Waals surface area (Å²) in [6.07, 6.45) is 0.242. The van der Waals surface area contributed by atoms with Crippen molar-refractivity contribution >= 4 is 17.5 Å². The van der Waals surface area contributed by atoms with Crippen LogP contribution >= 0.6 is 0 Å². The molecule has 0 radical (unpaired) electrons. The van der Waals surface area contributed by atoms with Crippen LogP contribution in [-0.2, 0) is 16.1 Å². The van der Waals surface area contributed by atoms with Gasteiger partial charge >= 0.3 is 0 Å². The molecule has 1 saturated heterocycles. The molecule has 2 aromatic rings. The van der Waals surface area contributed by atoms with E-state index in [9.17, 15) is 9.59 Å². The maximum absolute atomic E-state index is 12.6. The number of nitrogens with one attached hydrogen (secondary N) is 1. The predicted molar refractivity (Wildman–Crippen MR) is 101 cm³/mol. The second-order valence-electron chi connectivity index (χ2n) is 6.85. The summed E-state index contributed by atoms with van der Waals surface area (Å²) in [5.41, 5.74) is 3.93. The Labute approximate surface area is 154 Å². The van der Waals surface area contributed by atoms with E-state index in [1.165, 1.54) is 5.56 Å². The maximum atomic E-state index is 12.6. The number of rotatable bonds is 5. The minimum absolute atomic E-state index is 0.0157. The smallest absolute Gasteiger partial charge is 0.229 e. The third-order valence-electron chi connectivity index (χ3n) is 4.69. The minimum atomic E-state index is -0.349. The van der Waals surface area contributed by atoms with E-state index in [0.29, 0.717) is 24.5 Å². The molecule has 1 atom stereocenters. The monoisotopic (exact) mass is 352 g/mol. The first-order valence-corrected chi connectivity index (χ1v) is 8.75. The molecule has 136 valence electrons. The van der Waals surface area contributed by atoms with Crippen LogP contribution in [0.25, 0.3) is 0 Å². The number of carbonyl (C=O) groups excluding carboxylic acids is 2. The molecule has 26 heavy (non-hydrogen) atoms. The van der Waals surface area contributed by atoms with Gasteiger partial charge < -0.3 is 15.0 Å². The molecule has 0 aliphatic carbocycles. The van der Waals surface area contributed by atoms with Crippen LogP contribution in [0.1, 0.15) is 23.1 Å². The van der Waals surface area contributed by atoms with Crippen LogP contribution in [0.3, 0.4) is 0 Å². The van der Waals surface area contributed by atoms with Crippen LogP contribution in [0, 0.1) is 19.8 Å². The van der Waals surface area contributed by atoms with Gasteiger partial charge in [0.2, 0.25) is 11.8 Å². The maximum Gasteiger partial charge on any atom is 0.229 e. The molecule has 1 aliphatic heterocycles. The van der Waals surface area contributed by atoms with Crippen LogP contribution in [0.4, 0.5) is 5.69 Å². The summed E-state index contributed by atoms with van der Waals surface area (Å²) in [6.45, 7) is 4.96. The summed E-state index contributed by atoms with van der Waals surface area (Å²) in [4.78, 5) is 26.7. The third-order valence-corrected chi connectivity index (χ3v) is 4.69. The first-order chi connectivity index (χ1) is 12.5. The fourth-order valence-electron chi connectivity index (χ4n) is 3.17. The molecule has 5 heteroatoms. The van der Waals surface area contributed by atoms with Gasteiger partial charge in [0, 0.05) is 19.5 Å². The van der Waals surface area contributed by atoms with Crippen molar-refractivity contribution in [1.82, 2.24) is 4.90 Å². The molecule has 0 saturated carbocycles. The van der Waals surface area contributed by atoms with Crippen molar-refractivity contribution in [1.29, 1.82) is 0 Å². The normalized spacial score (nSPS) is 16.7. The number of hydrogen-bond acceptors (Lipinski definition) is 3. The molecule has 1 heterocycles. The quantitative estimate of drug-likeness (QED) is 0.898. The number of aryl methyl sites for hydroxylation is 2. The molecule has 1 aliphatic rings. The SMILES string of the molecule is COc1ccc(C)cc1NC(=O)[C@H]1CC(=O)N(Cc2ccc(C)cc2)C1. The van der Waals surface area contributed by atoms with Gasteiger partial charge in [-0.15, -0.1) is 0 Å². The van der Waals surface area contributed by atoms with E-state index in [-0.39, 0.29) is 24.2 Å². The van der Waals surface area contributed by atoms with Crippen molar-refractivity contribution in [2.75, 3.05) is 19.0 Å². The molecule has 5 nitrogen and oxygen atoms in total. The van der Waals surface area contributed by atoms with Crippen LogP contribution in [0.15, 0.2) is 42.5 Å². The van der Waals surface area contributed by atoms with E-state index < -0.39 is 0 Å². The predicted octanol–water partition coefficient (Wildman–Crippen LogP) is 3.30. The van der Waals surface area contributed by atoms with Crippen molar-refractivity contribution in [2.45, 2.75) is 26.8 Å². The van der Waals surface area contributed by atoms with Gasteiger partial charge in [0.25, 0.3) is 0 Å². The summed E-state index contributed by atoms with van der Waals surface area (Å²) in [5.74, 6) is 0.138. The van der Waals surface area contributed by atoms with Gasteiger partial charge in [0.1, 0.15) is 5.75 Å². The van der Waals surface area contributed by atoms with E-state index in [4.69, 9.17) is 4.74 Å². The Kier molecular flexibility index (Phi) is 5.26. The number of ether oxygens (including phenoxy) is 1. The Morgan fingerprint density at radius 2 is 1.85 bits per heavy atom. The highest BCUT2D eigenvalue weighted by molar-refractivity contribution is 5.98. The van der Waals surface area contributed by atoms with Gasteiger partial charge in [0.05, 0.1) is 18.7 Å². The number of methoxy groups -OCH3 is 1. The van der Waals surface area contributed by atoms with E-state index >= 15 is 0 Å². The Hall–Kier alpha value is -2.82. The van der Waals surface area contributed by atoms with Crippen LogP contribution in [0.5, 0.6) is 5.75 Å². The number of benzene rings is 2. The second kappa shape index (κ2) is 7.60. The summed E-state index contributed by atoms with van der Waals surface area (Å²) in [7, 11) is 1.57. The summed E-state index contributed by atoms with van der Waals surface area (Å²) < 4.78 is 5.30. The Morgan fingerprint density at radius 3 is 2.54 bits per heavy atom. The van der Waals surface area contributed by atoms with Crippen molar-refractivity contribution in [2.24, 2.45) is 5.92 Å². The summed E-state index contributed by atoms with van der Waals surface area (Å²) in [6, 6.07) is 13.7. The first kappa shape index (κ1) is 18.0. The zero-order valence-electron chi connectivity index (χ0n) is 15.4. The summed E-state index contributed by atoms with van der Waals surface area (Å²) >= 11 is 0. The number of hydrogen-bond donors (Lipinski definition) is 1. The van der Waals surface area contributed by atoms with E-state index in [2.05, 4.69) is 5.32 Å². The fourth-order valence-corrected chi connectivity index (χ4v) is 3.17. The lowest BCUT2D eigenvalue weighted by Crippen LogP contribution is -2.28. The van der Waals surface area contributed by atoms with Crippen molar-refractivity contribution in [3.63, 3.8) is 0 Å². The average Bonchev–Trinajstić information content (AvgIpc) is 2.98. The van der Waals surface area contributed by atoms with Crippen LogP contribution in [0.2, 0.25) is 0 Å². The molecule has 0 bridgehead atoms. The zero-order valence-corrected chi connectivity index (χ0v) is 15.4. The van der Waals surface area contributed by atoms with Crippen molar-refractivity contribution in [3.8, 4) is 5.75 Å². The van der Waals surface area contributed by atoms with Gasteiger partial charge in [-0.2, -0.15) is 0 Å². The minimum Gasteiger partial charge on any atom is -0.495 e. The second-order valence-corrected chi connectivity index (χ2v) is 6.85. The molecule has 2 amide bonds. The third kappa shape index (κ3) is 4.04. The highest BCUT2D eigenvalue weighted by Crippen LogP contribution is 2.27. The molecular formula is C21H24N2O3. The topological polar surface area (TPSA) is 58.6 Å². The Morgan fingerprint density at radius 1 is 1.15 bits per heavy atom. The largest absolute Gasteiger partial charge is 0.495 e. The standard InChI is InChI=1S/C21H24N2O3/c1-14-4-7-16(8-5-14)12-23-13-17(11-20(23)24)21(25)22-18-10-15(2)6-9-19(18)26-3/h4-10,17H,11-13H2,1-3H3,(H,22,25)/t17-/m0/s1. The molecule has 1 fully saturated rings. The number of anilines is 1.